The third-order valence-electron chi connectivity index (χ3n) is 5.41. The summed E-state index contributed by atoms with van der Waals surface area (Å²) in [5.41, 5.74) is 2.61. The van der Waals surface area contributed by atoms with Crippen molar-refractivity contribution in [2.24, 2.45) is 4.99 Å². The van der Waals surface area contributed by atoms with E-state index in [1.54, 1.807) is 37.5 Å². The van der Waals surface area contributed by atoms with Crippen molar-refractivity contribution in [2.45, 2.75) is 26.5 Å². The maximum absolute atomic E-state index is 13.8. The Morgan fingerprint density at radius 1 is 1.29 bits per heavy atom. The summed E-state index contributed by atoms with van der Waals surface area (Å²) in [4.78, 5) is 18.4. The van der Waals surface area contributed by atoms with Crippen LogP contribution in [0.4, 0.5) is 20.3 Å². The Morgan fingerprint density at radius 2 is 2.03 bits per heavy atom. The lowest BCUT2D eigenvalue weighted by molar-refractivity contribution is -0.0498. The Labute approximate surface area is 200 Å². The van der Waals surface area contributed by atoms with Crippen molar-refractivity contribution in [1.82, 2.24) is 9.88 Å². The lowest BCUT2D eigenvalue weighted by Gasteiger charge is -2.27. The number of nitrogens with one attached hydrogen (secondary N) is 3. The van der Waals surface area contributed by atoms with Crippen LogP contribution in [0.25, 0.3) is 11.3 Å². The second-order valence-electron chi connectivity index (χ2n) is 7.79. The molecule has 0 radical (unpaired) electrons. The number of rotatable bonds is 6. The number of nitrogens with zero attached hydrogens (tertiary/aromatic N) is 2. The highest BCUT2D eigenvalue weighted by Gasteiger charge is 2.26. The molecule has 0 amide bonds. The van der Waals surface area contributed by atoms with Gasteiger partial charge in [0.15, 0.2) is 5.82 Å². The molecule has 10 heteroatoms. The first kappa shape index (κ1) is 23.9. The van der Waals surface area contributed by atoms with Crippen LogP contribution in [0.3, 0.4) is 0 Å². The molecule has 1 aromatic carbocycles. The Hall–Kier alpha value is -4.21. The quantitative estimate of drug-likeness (QED) is 0.568. The van der Waals surface area contributed by atoms with Crippen LogP contribution in [0.2, 0.25) is 0 Å². The van der Waals surface area contributed by atoms with Gasteiger partial charge in [0.25, 0.3) is 5.56 Å². The molecule has 182 valence electrons. The van der Waals surface area contributed by atoms with Gasteiger partial charge < -0.3 is 25.5 Å². The minimum absolute atomic E-state index is 0.0228. The lowest BCUT2D eigenvalue weighted by atomic mass is 9.95. The van der Waals surface area contributed by atoms with E-state index >= 15 is 0 Å². The van der Waals surface area contributed by atoms with Gasteiger partial charge in [0.05, 0.1) is 29.7 Å². The molecule has 1 unspecified atom stereocenters. The summed E-state index contributed by atoms with van der Waals surface area (Å²) in [6.45, 7) is 1.20. The van der Waals surface area contributed by atoms with Gasteiger partial charge in [-0.2, -0.15) is 13.8 Å². The van der Waals surface area contributed by atoms with Crippen molar-refractivity contribution < 1.29 is 18.3 Å². The van der Waals surface area contributed by atoms with Gasteiger partial charge in [0, 0.05) is 24.4 Å². The minimum atomic E-state index is -2.95. The number of halogens is 2. The van der Waals surface area contributed by atoms with Gasteiger partial charge in [-0.15, -0.1) is 0 Å². The molecule has 0 saturated carbocycles. The van der Waals surface area contributed by atoms with Gasteiger partial charge in [-0.05, 0) is 61.9 Å². The minimum Gasteiger partial charge on any atom is -0.480 e. The van der Waals surface area contributed by atoms with E-state index in [2.05, 4.69) is 20.4 Å². The van der Waals surface area contributed by atoms with Crippen molar-refractivity contribution in [2.75, 3.05) is 19.0 Å². The monoisotopic (exact) mass is 481 g/mol. The van der Waals surface area contributed by atoms with E-state index in [4.69, 9.17) is 10.1 Å². The third kappa shape index (κ3) is 4.86. The average molecular weight is 482 g/mol. The van der Waals surface area contributed by atoms with Crippen LogP contribution in [0, 0.1) is 5.41 Å². The summed E-state index contributed by atoms with van der Waals surface area (Å²) < 4.78 is 36.7. The standard InChI is InChI=1S/C25H25F2N5O3/c1-4-34-23-14(2)30-21-12-19(15-5-10-20(28)16(11-15)13-29-3)24(33)32(22(21)31-23)17-6-8-18(9-7-17)35-25(26)27/h5-14,25,28-30H,4H2,1-3H3/b16-13-,28-20?. The number of alkyl halides is 2. The van der Waals surface area contributed by atoms with Gasteiger partial charge in [0.2, 0.25) is 5.90 Å². The number of aliphatic imine (C=N–C) groups is 1. The molecule has 1 atom stereocenters. The highest BCUT2D eigenvalue weighted by Crippen LogP contribution is 2.34. The normalized spacial score (nSPS) is 18.1. The van der Waals surface area contributed by atoms with E-state index in [0.29, 0.717) is 52.1 Å². The molecule has 2 heterocycles. The van der Waals surface area contributed by atoms with Crippen molar-refractivity contribution >= 4 is 28.7 Å². The van der Waals surface area contributed by atoms with Crippen LogP contribution in [-0.2, 0) is 4.74 Å². The fraction of sp³-hybridized carbons (Fsp3) is 0.240. The van der Waals surface area contributed by atoms with Crippen LogP contribution >= 0.6 is 0 Å². The predicted octanol–water partition coefficient (Wildman–Crippen LogP) is 4.40. The van der Waals surface area contributed by atoms with Gasteiger partial charge in [-0.3, -0.25) is 9.36 Å². The van der Waals surface area contributed by atoms with Crippen molar-refractivity contribution in [3.63, 3.8) is 0 Å². The highest BCUT2D eigenvalue weighted by atomic mass is 19.3. The van der Waals surface area contributed by atoms with Crippen molar-refractivity contribution in [3.8, 4) is 11.4 Å². The van der Waals surface area contributed by atoms with Crippen molar-refractivity contribution in [1.29, 1.82) is 5.41 Å². The molecule has 1 aliphatic heterocycles. The topological polar surface area (TPSA) is 101 Å². The van der Waals surface area contributed by atoms with E-state index in [-0.39, 0.29) is 17.4 Å². The summed E-state index contributed by atoms with van der Waals surface area (Å²) >= 11 is 0. The number of anilines is 1. The molecule has 0 saturated heterocycles. The number of fused-ring (bicyclic) bond motifs is 1. The molecule has 4 rings (SSSR count). The summed E-state index contributed by atoms with van der Waals surface area (Å²) in [6, 6.07) is 7.27. The summed E-state index contributed by atoms with van der Waals surface area (Å²) in [5.74, 6) is 0.746. The van der Waals surface area contributed by atoms with Crippen LogP contribution in [0.1, 0.15) is 19.4 Å². The van der Waals surface area contributed by atoms with Gasteiger partial charge in [-0.1, -0.05) is 6.08 Å². The number of pyridine rings is 1. The van der Waals surface area contributed by atoms with Crippen molar-refractivity contribution in [3.05, 3.63) is 76.3 Å². The number of aromatic nitrogens is 1. The Kier molecular flexibility index (Phi) is 6.81. The van der Waals surface area contributed by atoms with E-state index in [0.717, 1.165) is 0 Å². The third-order valence-corrected chi connectivity index (χ3v) is 5.41. The fourth-order valence-electron chi connectivity index (χ4n) is 3.85. The average Bonchev–Trinajstić information content (AvgIpc) is 2.82. The smallest absolute Gasteiger partial charge is 0.387 e. The molecule has 1 aromatic heterocycles. The van der Waals surface area contributed by atoms with E-state index in [9.17, 15) is 13.6 Å². The Morgan fingerprint density at radius 3 is 2.69 bits per heavy atom. The summed E-state index contributed by atoms with van der Waals surface area (Å²) in [5, 5.41) is 14.4. The predicted molar refractivity (Wildman–Crippen MR) is 132 cm³/mol. The molecular formula is C25H25F2N5O3. The molecular weight excluding hydrogens is 456 g/mol. The maximum Gasteiger partial charge on any atom is 0.387 e. The first-order valence-electron chi connectivity index (χ1n) is 11.0. The molecule has 8 nitrogen and oxygen atoms in total. The van der Waals surface area contributed by atoms with Gasteiger partial charge >= 0.3 is 6.61 Å². The molecule has 35 heavy (non-hydrogen) atoms. The number of allylic oxidation sites excluding steroid dienone is 5. The van der Waals surface area contributed by atoms with Crippen LogP contribution in [0.5, 0.6) is 5.75 Å². The molecule has 0 bridgehead atoms. The maximum atomic E-state index is 13.8. The molecule has 3 N–H and O–H groups in total. The van der Waals surface area contributed by atoms with E-state index < -0.39 is 6.61 Å². The zero-order valence-electron chi connectivity index (χ0n) is 19.4. The number of ether oxygens (including phenoxy) is 2. The largest absolute Gasteiger partial charge is 0.480 e. The van der Waals surface area contributed by atoms with Crippen LogP contribution in [-0.4, -0.2) is 42.5 Å². The van der Waals surface area contributed by atoms with Crippen LogP contribution < -0.4 is 20.9 Å². The first-order valence-corrected chi connectivity index (χ1v) is 11.0. The first-order chi connectivity index (χ1) is 16.8. The fourth-order valence-corrected chi connectivity index (χ4v) is 3.85. The zero-order valence-corrected chi connectivity index (χ0v) is 19.4. The number of benzene rings is 1. The van der Waals surface area contributed by atoms with E-state index in [1.807, 2.05) is 13.8 Å². The molecule has 0 fully saturated rings. The zero-order chi connectivity index (χ0) is 25.1. The molecule has 2 aromatic rings. The SMILES string of the molecule is CCOC1=Nc2c(cc(C3=C/C(=C/NC)C(=N)C=C3)c(=O)n2-c2ccc(OC(F)F)cc2)NC1C. The van der Waals surface area contributed by atoms with Crippen LogP contribution in [0.15, 0.2) is 70.1 Å². The number of hydrogen-bond acceptors (Lipinski definition) is 7. The lowest BCUT2D eigenvalue weighted by Crippen LogP contribution is -2.34. The summed E-state index contributed by atoms with van der Waals surface area (Å²) in [6.07, 6.45) is 6.78. The second kappa shape index (κ2) is 9.96. The molecule has 1 aliphatic carbocycles. The Bertz CT molecular complexity index is 1320. The summed E-state index contributed by atoms with van der Waals surface area (Å²) in [7, 11) is 1.73. The molecule has 2 aliphatic rings. The van der Waals surface area contributed by atoms with Gasteiger partial charge in [-0.25, -0.2) is 0 Å². The number of hydrogen-bond donors (Lipinski definition) is 3. The van der Waals surface area contributed by atoms with Gasteiger partial charge in [0.1, 0.15) is 5.75 Å². The van der Waals surface area contributed by atoms with E-state index in [1.165, 1.54) is 28.8 Å². The molecule has 0 spiro atoms. The Balaban J connectivity index is 1.92. The second-order valence-corrected chi connectivity index (χ2v) is 7.79. The highest BCUT2D eigenvalue weighted by molar-refractivity contribution is 6.13.